The van der Waals surface area contributed by atoms with Crippen LogP contribution in [0.4, 0.5) is 0 Å². The van der Waals surface area contributed by atoms with Crippen molar-refractivity contribution in [2.75, 3.05) is 0 Å². The first-order valence-corrected chi connectivity index (χ1v) is 4.94. The number of pyridine rings is 1. The van der Waals surface area contributed by atoms with E-state index in [4.69, 9.17) is 0 Å². The van der Waals surface area contributed by atoms with Crippen molar-refractivity contribution in [2.24, 2.45) is 0 Å². The molecule has 0 fully saturated rings. The van der Waals surface area contributed by atoms with E-state index in [9.17, 15) is 0 Å². The fourth-order valence-corrected chi connectivity index (χ4v) is 1.80. The Hall–Kier alpha value is -1.37. The lowest BCUT2D eigenvalue weighted by Crippen LogP contribution is -1.92. The molecule has 2 aromatic rings. The number of nitrogens with zero attached hydrogens (tertiary/aromatic N) is 1. The maximum Gasteiger partial charge on any atom is 0.0737 e. The number of hydrogen-bond acceptors (Lipinski definition) is 1. The van der Waals surface area contributed by atoms with Crippen molar-refractivity contribution < 1.29 is 0 Å². The molecule has 0 N–H and O–H groups in total. The number of aryl methyl sites for hydroxylation is 3. The summed E-state index contributed by atoms with van der Waals surface area (Å²) >= 11 is 0. The van der Waals surface area contributed by atoms with Gasteiger partial charge in [-0.1, -0.05) is 6.07 Å². The van der Waals surface area contributed by atoms with E-state index in [-0.39, 0.29) is 0 Å². The Morgan fingerprint density at radius 2 is 1.64 bits per heavy atom. The summed E-state index contributed by atoms with van der Waals surface area (Å²) in [6.45, 7) is 8.50. The SMILES string of the molecule is Cc1ccc2cc(C)c(C)c(C)c2n1. The van der Waals surface area contributed by atoms with Gasteiger partial charge in [-0.15, -0.1) is 0 Å². The number of rotatable bonds is 0. The highest BCUT2D eigenvalue weighted by molar-refractivity contribution is 5.83. The van der Waals surface area contributed by atoms with Crippen LogP contribution >= 0.6 is 0 Å². The van der Waals surface area contributed by atoms with Crippen molar-refractivity contribution in [2.45, 2.75) is 27.7 Å². The smallest absolute Gasteiger partial charge is 0.0737 e. The van der Waals surface area contributed by atoms with E-state index < -0.39 is 0 Å². The minimum atomic E-state index is 1.09. The molecule has 0 unspecified atom stereocenters. The van der Waals surface area contributed by atoms with Crippen LogP contribution in [0.15, 0.2) is 18.2 Å². The third-order valence-electron chi connectivity index (χ3n) is 2.95. The third kappa shape index (κ3) is 1.29. The predicted octanol–water partition coefficient (Wildman–Crippen LogP) is 3.47. The van der Waals surface area contributed by atoms with Crippen LogP contribution in [0, 0.1) is 27.7 Å². The molecule has 1 heteroatoms. The van der Waals surface area contributed by atoms with Crippen molar-refractivity contribution in [1.29, 1.82) is 0 Å². The van der Waals surface area contributed by atoms with Crippen molar-refractivity contribution >= 4 is 10.9 Å². The third-order valence-corrected chi connectivity index (χ3v) is 2.95. The number of hydrogen-bond donors (Lipinski definition) is 0. The maximum absolute atomic E-state index is 4.58. The van der Waals surface area contributed by atoms with Gasteiger partial charge in [0.05, 0.1) is 5.52 Å². The van der Waals surface area contributed by atoms with Crippen molar-refractivity contribution in [1.82, 2.24) is 4.98 Å². The molecule has 0 bridgehead atoms. The molecule has 2 rings (SSSR count). The molecule has 0 aliphatic carbocycles. The molecule has 14 heavy (non-hydrogen) atoms. The number of benzene rings is 1. The average Bonchev–Trinajstić information content (AvgIpc) is 2.16. The van der Waals surface area contributed by atoms with Gasteiger partial charge in [0.25, 0.3) is 0 Å². The van der Waals surface area contributed by atoms with Gasteiger partial charge in [-0.05, 0) is 56.5 Å². The van der Waals surface area contributed by atoms with E-state index in [0.717, 1.165) is 11.2 Å². The lowest BCUT2D eigenvalue weighted by atomic mass is 10.00. The zero-order chi connectivity index (χ0) is 10.3. The van der Waals surface area contributed by atoms with Crippen molar-refractivity contribution in [3.8, 4) is 0 Å². The molecule has 0 aliphatic heterocycles. The van der Waals surface area contributed by atoms with E-state index in [2.05, 4.69) is 44.0 Å². The Morgan fingerprint density at radius 3 is 2.36 bits per heavy atom. The second kappa shape index (κ2) is 3.09. The first-order chi connectivity index (χ1) is 6.59. The Labute approximate surface area is 84.8 Å². The topological polar surface area (TPSA) is 12.9 Å². The first kappa shape index (κ1) is 9.20. The largest absolute Gasteiger partial charge is 0.253 e. The van der Waals surface area contributed by atoms with E-state index in [1.807, 2.05) is 6.92 Å². The standard InChI is InChI=1S/C13H15N/c1-8-7-12-6-5-9(2)14-13(12)11(4)10(8)3/h5-7H,1-4H3. The zero-order valence-electron chi connectivity index (χ0n) is 9.18. The summed E-state index contributed by atoms with van der Waals surface area (Å²) in [7, 11) is 0. The van der Waals surface area contributed by atoms with Gasteiger partial charge in [0.15, 0.2) is 0 Å². The molecule has 0 saturated heterocycles. The van der Waals surface area contributed by atoms with Gasteiger partial charge in [-0.25, -0.2) is 0 Å². The molecule has 0 spiro atoms. The lowest BCUT2D eigenvalue weighted by molar-refractivity contribution is 1.21. The molecule has 0 saturated carbocycles. The molecular formula is C13H15N. The summed E-state index contributed by atoms with van der Waals surface area (Å²) in [5, 5.41) is 1.25. The van der Waals surface area contributed by atoms with E-state index in [1.165, 1.54) is 22.1 Å². The predicted molar refractivity (Wildman–Crippen MR) is 60.7 cm³/mol. The number of fused-ring (bicyclic) bond motifs is 1. The van der Waals surface area contributed by atoms with Gasteiger partial charge in [-0.2, -0.15) is 0 Å². The van der Waals surface area contributed by atoms with Gasteiger partial charge in [-0.3, -0.25) is 4.98 Å². The quantitative estimate of drug-likeness (QED) is 0.612. The van der Waals surface area contributed by atoms with Crippen LogP contribution in [0.2, 0.25) is 0 Å². The van der Waals surface area contributed by atoms with Crippen LogP contribution < -0.4 is 0 Å². The fourth-order valence-electron chi connectivity index (χ4n) is 1.80. The highest BCUT2D eigenvalue weighted by Crippen LogP contribution is 2.23. The summed E-state index contributed by atoms with van der Waals surface area (Å²) in [5.41, 5.74) is 6.25. The van der Waals surface area contributed by atoms with Crippen LogP contribution in [-0.4, -0.2) is 4.98 Å². The monoisotopic (exact) mass is 185 g/mol. The normalized spacial score (nSPS) is 10.9. The molecule has 1 nitrogen and oxygen atoms in total. The molecule has 1 aromatic heterocycles. The highest BCUT2D eigenvalue weighted by Gasteiger charge is 2.04. The van der Waals surface area contributed by atoms with Crippen LogP contribution in [0.1, 0.15) is 22.4 Å². The van der Waals surface area contributed by atoms with Crippen molar-refractivity contribution in [3.05, 3.63) is 40.6 Å². The minimum Gasteiger partial charge on any atom is -0.253 e. The van der Waals surface area contributed by atoms with Gasteiger partial charge in [0.2, 0.25) is 0 Å². The second-order valence-corrected chi connectivity index (χ2v) is 3.97. The highest BCUT2D eigenvalue weighted by atomic mass is 14.7. The summed E-state index contributed by atoms with van der Waals surface area (Å²) in [4.78, 5) is 4.58. The van der Waals surface area contributed by atoms with Gasteiger partial charge in [0, 0.05) is 11.1 Å². The molecular weight excluding hydrogens is 170 g/mol. The van der Waals surface area contributed by atoms with Crippen LogP contribution in [0.3, 0.4) is 0 Å². The molecule has 1 aromatic carbocycles. The Kier molecular flexibility index (Phi) is 2.03. The summed E-state index contributed by atoms with van der Waals surface area (Å²) in [6, 6.07) is 6.43. The maximum atomic E-state index is 4.58. The Bertz CT molecular complexity index is 498. The van der Waals surface area contributed by atoms with Gasteiger partial charge >= 0.3 is 0 Å². The summed E-state index contributed by atoms with van der Waals surface area (Å²) < 4.78 is 0. The molecule has 0 amide bonds. The fraction of sp³-hybridized carbons (Fsp3) is 0.308. The molecule has 1 heterocycles. The van der Waals surface area contributed by atoms with Crippen LogP contribution in [0.25, 0.3) is 10.9 Å². The van der Waals surface area contributed by atoms with Gasteiger partial charge < -0.3 is 0 Å². The summed E-state index contributed by atoms with van der Waals surface area (Å²) in [5.74, 6) is 0. The first-order valence-electron chi connectivity index (χ1n) is 4.94. The second-order valence-electron chi connectivity index (χ2n) is 3.97. The van der Waals surface area contributed by atoms with E-state index >= 15 is 0 Å². The Morgan fingerprint density at radius 1 is 0.929 bits per heavy atom. The van der Waals surface area contributed by atoms with Crippen LogP contribution in [0.5, 0.6) is 0 Å². The molecule has 0 atom stereocenters. The van der Waals surface area contributed by atoms with E-state index in [0.29, 0.717) is 0 Å². The minimum absolute atomic E-state index is 1.09. The van der Waals surface area contributed by atoms with Crippen molar-refractivity contribution in [3.63, 3.8) is 0 Å². The molecule has 72 valence electrons. The summed E-state index contributed by atoms with van der Waals surface area (Å²) in [6.07, 6.45) is 0. The van der Waals surface area contributed by atoms with Gasteiger partial charge in [0.1, 0.15) is 0 Å². The average molecular weight is 185 g/mol. The number of aromatic nitrogens is 1. The lowest BCUT2D eigenvalue weighted by Gasteiger charge is -2.08. The Balaban J connectivity index is 2.92. The van der Waals surface area contributed by atoms with E-state index in [1.54, 1.807) is 0 Å². The molecule has 0 radical (unpaired) electrons. The zero-order valence-corrected chi connectivity index (χ0v) is 9.18. The molecule has 0 aliphatic rings. The van der Waals surface area contributed by atoms with Crippen LogP contribution in [-0.2, 0) is 0 Å².